The maximum atomic E-state index is 13.5. The zero-order valence-corrected chi connectivity index (χ0v) is 20.4. The Kier molecular flexibility index (Phi) is 5.70. The van der Waals surface area contributed by atoms with Crippen LogP contribution in [0, 0.1) is 13.8 Å². The Morgan fingerprint density at radius 1 is 1.11 bits per heavy atom. The van der Waals surface area contributed by atoms with Crippen LogP contribution >= 0.6 is 0 Å². The van der Waals surface area contributed by atoms with Gasteiger partial charge in [-0.25, -0.2) is 19.2 Å². The van der Waals surface area contributed by atoms with Crippen molar-refractivity contribution in [1.29, 1.82) is 0 Å². The number of H-pyrrole nitrogens is 1. The summed E-state index contributed by atoms with van der Waals surface area (Å²) in [4.78, 5) is 22.9. The van der Waals surface area contributed by atoms with Crippen molar-refractivity contribution in [2.45, 2.75) is 13.8 Å². The van der Waals surface area contributed by atoms with Gasteiger partial charge in [0.05, 0.1) is 5.69 Å². The molecule has 35 heavy (non-hydrogen) atoms. The van der Waals surface area contributed by atoms with Crippen molar-refractivity contribution in [2.24, 2.45) is 0 Å². The zero-order chi connectivity index (χ0) is 24.7. The van der Waals surface area contributed by atoms with Gasteiger partial charge in [0.25, 0.3) is 5.56 Å². The SMILES string of the molecule is C=S(C)(=O)NCCOc1cccc2oc(-c3c(C)nc4c(-c5ccccc5)c(C)[nH]n4c3=O)nc12. The average molecular weight is 492 g/mol. The maximum Gasteiger partial charge on any atom is 0.285 e. The number of nitrogens with one attached hydrogen (secondary N) is 2. The molecule has 2 N–H and O–H groups in total. The number of hydrogen-bond acceptors (Lipinski definition) is 6. The highest BCUT2D eigenvalue weighted by Crippen LogP contribution is 2.31. The second-order valence-electron chi connectivity index (χ2n) is 8.38. The van der Waals surface area contributed by atoms with Crippen molar-refractivity contribution in [3.8, 4) is 28.3 Å². The summed E-state index contributed by atoms with van der Waals surface area (Å²) in [6.07, 6.45) is 1.53. The standard InChI is InChI=1S/C25H25N5O4S/c1-15-21(25(31)30-23(27-15)20(16(2)29-30)17-9-6-5-7-10-17)24-28-22-18(11-8-12-19(22)34-24)33-14-13-26-35(3,4)32/h5-12,29H,3,13-14H2,1-2,4H3,(H,26,32). The molecule has 9 nitrogen and oxygen atoms in total. The molecule has 0 radical (unpaired) electrons. The number of benzene rings is 2. The molecule has 0 fully saturated rings. The van der Waals surface area contributed by atoms with Gasteiger partial charge in [-0.3, -0.25) is 14.1 Å². The minimum Gasteiger partial charge on any atom is -0.490 e. The Balaban J connectivity index is 1.56. The van der Waals surface area contributed by atoms with E-state index in [1.807, 2.05) is 37.3 Å². The summed E-state index contributed by atoms with van der Waals surface area (Å²) in [6, 6.07) is 15.1. The first-order chi connectivity index (χ1) is 16.7. The van der Waals surface area contributed by atoms with Gasteiger partial charge in [-0.2, -0.15) is 0 Å². The smallest absolute Gasteiger partial charge is 0.285 e. The van der Waals surface area contributed by atoms with Gasteiger partial charge in [0, 0.05) is 33.8 Å². The molecule has 0 aliphatic heterocycles. The molecule has 180 valence electrons. The number of oxazole rings is 1. The number of para-hydroxylation sites is 1. The van der Waals surface area contributed by atoms with E-state index in [9.17, 15) is 9.00 Å². The lowest BCUT2D eigenvalue weighted by atomic mass is 10.1. The number of aryl methyl sites for hydroxylation is 2. The molecule has 3 aromatic heterocycles. The van der Waals surface area contributed by atoms with Crippen LogP contribution in [0.15, 0.2) is 57.7 Å². The van der Waals surface area contributed by atoms with Gasteiger partial charge < -0.3 is 9.15 Å². The minimum absolute atomic E-state index is 0.168. The molecule has 2 aromatic carbocycles. The predicted octanol–water partition coefficient (Wildman–Crippen LogP) is 3.34. The van der Waals surface area contributed by atoms with Gasteiger partial charge >= 0.3 is 0 Å². The fourth-order valence-electron chi connectivity index (χ4n) is 4.05. The molecule has 0 aliphatic rings. The summed E-state index contributed by atoms with van der Waals surface area (Å²) >= 11 is 0. The summed E-state index contributed by atoms with van der Waals surface area (Å²) in [5, 5.41) is 3.13. The van der Waals surface area contributed by atoms with E-state index in [0.717, 1.165) is 16.8 Å². The number of nitrogens with zero attached hydrogens (tertiary/aromatic N) is 3. The van der Waals surface area contributed by atoms with Crippen LogP contribution in [0.25, 0.3) is 39.3 Å². The number of aromatic nitrogens is 4. The van der Waals surface area contributed by atoms with Crippen LogP contribution < -0.4 is 15.0 Å². The Bertz CT molecular complexity index is 1720. The summed E-state index contributed by atoms with van der Waals surface area (Å²) in [5.41, 5.74) is 4.68. The highest BCUT2D eigenvalue weighted by atomic mass is 32.2. The topological polar surface area (TPSA) is 115 Å². The highest BCUT2D eigenvalue weighted by Gasteiger charge is 2.22. The third kappa shape index (κ3) is 4.33. The van der Waals surface area contributed by atoms with Gasteiger partial charge in [0.1, 0.15) is 17.9 Å². The van der Waals surface area contributed by atoms with Crippen LogP contribution in [0.5, 0.6) is 5.75 Å². The molecule has 3 heterocycles. The molecule has 5 rings (SSSR count). The molecule has 5 aromatic rings. The van der Waals surface area contributed by atoms with Gasteiger partial charge in [-0.1, -0.05) is 36.4 Å². The molecule has 0 bridgehead atoms. The molecule has 0 saturated heterocycles. The van der Waals surface area contributed by atoms with E-state index in [2.05, 4.69) is 20.7 Å². The summed E-state index contributed by atoms with van der Waals surface area (Å²) in [5.74, 6) is 4.23. The highest BCUT2D eigenvalue weighted by molar-refractivity contribution is 7.97. The second kappa shape index (κ2) is 8.71. The Morgan fingerprint density at radius 3 is 2.63 bits per heavy atom. The zero-order valence-electron chi connectivity index (χ0n) is 19.6. The minimum atomic E-state index is -2.31. The van der Waals surface area contributed by atoms with Crippen molar-refractivity contribution in [3.05, 3.63) is 70.3 Å². The van der Waals surface area contributed by atoms with Crippen LogP contribution in [0.3, 0.4) is 0 Å². The van der Waals surface area contributed by atoms with Crippen molar-refractivity contribution in [3.63, 3.8) is 0 Å². The Morgan fingerprint density at radius 2 is 1.89 bits per heavy atom. The average Bonchev–Trinajstić information content (AvgIpc) is 3.38. The molecule has 0 amide bonds. The Hall–Kier alpha value is -3.89. The lowest BCUT2D eigenvalue weighted by molar-refractivity contribution is 0.327. The van der Waals surface area contributed by atoms with Crippen molar-refractivity contribution in [2.75, 3.05) is 19.4 Å². The predicted molar refractivity (Wildman–Crippen MR) is 138 cm³/mol. The fourth-order valence-corrected chi connectivity index (χ4v) is 4.57. The van der Waals surface area contributed by atoms with E-state index in [4.69, 9.17) is 14.1 Å². The van der Waals surface area contributed by atoms with E-state index in [0.29, 0.717) is 34.7 Å². The molecule has 0 spiro atoms. The first-order valence-electron chi connectivity index (χ1n) is 11.0. The lowest BCUT2D eigenvalue weighted by Crippen LogP contribution is -2.26. The number of rotatable bonds is 7. The first-order valence-corrected chi connectivity index (χ1v) is 13.1. The van der Waals surface area contributed by atoms with Crippen LogP contribution in [-0.4, -0.2) is 49.1 Å². The quantitative estimate of drug-likeness (QED) is 0.267. The second-order valence-corrected chi connectivity index (χ2v) is 10.7. The van der Waals surface area contributed by atoms with Gasteiger partial charge in [0.15, 0.2) is 16.7 Å². The van der Waals surface area contributed by atoms with Gasteiger partial charge in [0.2, 0.25) is 5.89 Å². The van der Waals surface area contributed by atoms with E-state index in [-0.39, 0.29) is 23.6 Å². The number of aromatic amines is 1. The molecule has 10 heteroatoms. The third-order valence-corrected chi connectivity index (χ3v) is 6.38. The third-order valence-electron chi connectivity index (χ3n) is 5.57. The normalized spacial score (nSPS) is 13.3. The molecule has 1 unspecified atom stereocenters. The van der Waals surface area contributed by atoms with Crippen LogP contribution in [0.4, 0.5) is 0 Å². The summed E-state index contributed by atoms with van der Waals surface area (Å²) in [7, 11) is -2.31. The van der Waals surface area contributed by atoms with E-state index in [1.165, 1.54) is 10.8 Å². The van der Waals surface area contributed by atoms with Crippen molar-refractivity contribution >= 4 is 32.3 Å². The molecule has 1 atom stereocenters. The largest absolute Gasteiger partial charge is 0.490 e. The molecular weight excluding hydrogens is 466 g/mol. The van der Waals surface area contributed by atoms with Crippen LogP contribution in [0.2, 0.25) is 0 Å². The first kappa shape index (κ1) is 22.9. The van der Waals surface area contributed by atoms with Crippen LogP contribution in [0.1, 0.15) is 11.4 Å². The Labute approximate surface area is 201 Å². The number of fused-ring (bicyclic) bond motifs is 2. The number of ether oxygens (including phenoxy) is 1. The van der Waals surface area contributed by atoms with Gasteiger partial charge in [-0.15, -0.1) is 0 Å². The summed E-state index contributed by atoms with van der Waals surface area (Å²) in [6.45, 7) is 4.31. The fraction of sp³-hybridized carbons (Fsp3) is 0.200. The van der Waals surface area contributed by atoms with Crippen molar-refractivity contribution in [1.82, 2.24) is 24.3 Å². The lowest BCUT2D eigenvalue weighted by Gasteiger charge is -2.08. The van der Waals surface area contributed by atoms with Crippen LogP contribution in [-0.2, 0) is 9.71 Å². The monoisotopic (exact) mass is 491 g/mol. The van der Waals surface area contributed by atoms with E-state index in [1.54, 1.807) is 25.1 Å². The molecule has 0 aliphatic carbocycles. The molecular formula is C25H25N5O4S. The van der Waals surface area contributed by atoms with E-state index < -0.39 is 9.71 Å². The van der Waals surface area contributed by atoms with Gasteiger partial charge in [-0.05, 0) is 37.4 Å². The maximum absolute atomic E-state index is 13.5. The van der Waals surface area contributed by atoms with Crippen molar-refractivity contribution < 1.29 is 13.4 Å². The number of hydrogen-bond donors (Lipinski definition) is 2. The van der Waals surface area contributed by atoms with E-state index >= 15 is 0 Å². The molecule has 0 saturated carbocycles. The summed E-state index contributed by atoms with van der Waals surface area (Å²) < 4.78 is 27.7.